The molecule has 2 aromatic rings. The molecule has 1 unspecified atom stereocenters. The van der Waals surface area contributed by atoms with Gasteiger partial charge in [0.15, 0.2) is 0 Å². The Morgan fingerprint density at radius 2 is 2.19 bits per heavy atom. The average molecular weight is 304 g/mol. The number of carbonyl (C=O) groups excluding carboxylic acids is 1. The summed E-state index contributed by atoms with van der Waals surface area (Å²) in [5.74, 6) is 1.47. The maximum absolute atomic E-state index is 11.8. The molecule has 0 fully saturated rings. The van der Waals surface area contributed by atoms with E-state index in [9.17, 15) is 4.79 Å². The minimum Gasteiger partial charge on any atom is -0.348 e. The van der Waals surface area contributed by atoms with Crippen LogP contribution >= 0.6 is 11.8 Å². The Bertz CT molecular complexity index is 570. The third kappa shape index (κ3) is 4.61. The fraction of sp³-hybridized carbons (Fsp3) is 0.333. The van der Waals surface area contributed by atoms with Crippen LogP contribution in [0.4, 0.5) is 0 Å². The summed E-state index contributed by atoms with van der Waals surface area (Å²) in [7, 11) is 0. The van der Waals surface area contributed by atoms with Crippen molar-refractivity contribution < 1.29 is 4.79 Å². The summed E-state index contributed by atoms with van der Waals surface area (Å²) in [6.07, 6.45) is 4.45. The van der Waals surface area contributed by atoms with Gasteiger partial charge in [0.1, 0.15) is 5.82 Å². The maximum atomic E-state index is 11.8. The highest BCUT2D eigenvalue weighted by Gasteiger charge is 2.13. The highest BCUT2D eigenvalue weighted by molar-refractivity contribution is 7.98. The number of carbonyl (C=O) groups is 1. The summed E-state index contributed by atoms with van der Waals surface area (Å²) in [5, 5.41) is 2.81. The monoisotopic (exact) mass is 304 g/mol. The van der Waals surface area contributed by atoms with Crippen molar-refractivity contribution in [1.29, 1.82) is 0 Å². The number of nitrogens with two attached hydrogens (primary N) is 1. The first kappa shape index (κ1) is 15.6. The smallest absolute Gasteiger partial charge is 0.237 e. The van der Waals surface area contributed by atoms with Crippen molar-refractivity contribution in [1.82, 2.24) is 15.3 Å². The van der Waals surface area contributed by atoms with Gasteiger partial charge in [0.05, 0.1) is 24.5 Å². The topological polar surface area (TPSA) is 83.8 Å². The SMILES string of the molecule is CSCCC(N)C(=O)NCc1ncc(-c2ccccc2)[nH]1. The van der Waals surface area contributed by atoms with Crippen LogP contribution in [0.1, 0.15) is 12.2 Å². The van der Waals surface area contributed by atoms with E-state index < -0.39 is 6.04 Å². The number of hydrogen-bond acceptors (Lipinski definition) is 4. The third-order valence-corrected chi connectivity index (χ3v) is 3.76. The van der Waals surface area contributed by atoms with Crippen LogP contribution in [0.3, 0.4) is 0 Å². The molecular weight excluding hydrogens is 284 g/mol. The number of H-pyrrole nitrogens is 1. The summed E-state index contributed by atoms with van der Waals surface area (Å²) in [6.45, 7) is 0.360. The van der Waals surface area contributed by atoms with Gasteiger partial charge >= 0.3 is 0 Å². The molecule has 0 aliphatic carbocycles. The average Bonchev–Trinajstić information content (AvgIpc) is 3.00. The van der Waals surface area contributed by atoms with Gasteiger partial charge in [-0.3, -0.25) is 4.79 Å². The highest BCUT2D eigenvalue weighted by atomic mass is 32.2. The third-order valence-electron chi connectivity index (χ3n) is 3.11. The molecular formula is C15H20N4OS. The summed E-state index contributed by atoms with van der Waals surface area (Å²) in [4.78, 5) is 19.3. The number of rotatable bonds is 7. The standard InChI is InChI=1S/C15H20N4OS/c1-21-8-7-12(16)15(20)18-10-14-17-9-13(19-14)11-5-3-2-4-6-11/h2-6,9,12H,7-8,10,16H2,1H3,(H,17,19)(H,18,20). The predicted octanol–water partition coefficient (Wildman–Crippen LogP) is 1.77. The number of benzene rings is 1. The number of nitrogens with one attached hydrogen (secondary N) is 2. The molecule has 4 N–H and O–H groups in total. The van der Waals surface area contributed by atoms with E-state index in [1.807, 2.05) is 36.6 Å². The van der Waals surface area contributed by atoms with E-state index in [0.29, 0.717) is 13.0 Å². The normalized spacial score (nSPS) is 12.1. The second kappa shape index (κ2) is 7.85. The number of hydrogen-bond donors (Lipinski definition) is 3. The minimum absolute atomic E-state index is 0.137. The van der Waals surface area contributed by atoms with E-state index in [2.05, 4.69) is 15.3 Å². The lowest BCUT2D eigenvalue weighted by Gasteiger charge is -2.10. The fourth-order valence-corrected chi connectivity index (χ4v) is 2.38. The number of imidazole rings is 1. The molecule has 0 aliphatic heterocycles. The van der Waals surface area contributed by atoms with Gasteiger partial charge in [-0.2, -0.15) is 11.8 Å². The van der Waals surface area contributed by atoms with Crippen molar-refractivity contribution in [2.24, 2.45) is 5.73 Å². The lowest BCUT2D eigenvalue weighted by molar-refractivity contribution is -0.122. The van der Waals surface area contributed by atoms with Crippen LogP contribution < -0.4 is 11.1 Å². The summed E-state index contributed by atoms with van der Waals surface area (Å²) >= 11 is 1.68. The van der Waals surface area contributed by atoms with Crippen molar-refractivity contribution >= 4 is 17.7 Å². The Hall–Kier alpha value is -1.79. The second-order valence-corrected chi connectivity index (χ2v) is 5.70. The molecule has 1 heterocycles. The van der Waals surface area contributed by atoms with Crippen molar-refractivity contribution in [3.05, 3.63) is 42.4 Å². The highest BCUT2D eigenvalue weighted by Crippen LogP contribution is 2.15. The van der Waals surface area contributed by atoms with E-state index >= 15 is 0 Å². The van der Waals surface area contributed by atoms with E-state index in [0.717, 1.165) is 22.8 Å². The summed E-state index contributed by atoms with van der Waals surface area (Å²) in [5.41, 5.74) is 7.81. The Morgan fingerprint density at radius 3 is 2.90 bits per heavy atom. The molecule has 5 nitrogen and oxygen atoms in total. The molecule has 0 spiro atoms. The quantitative estimate of drug-likeness (QED) is 0.728. The van der Waals surface area contributed by atoms with Gasteiger partial charge < -0.3 is 16.0 Å². The Morgan fingerprint density at radius 1 is 1.43 bits per heavy atom. The molecule has 0 radical (unpaired) electrons. The van der Waals surface area contributed by atoms with Crippen molar-refractivity contribution in [2.75, 3.05) is 12.0 Å². The van der Waals surface area contributed by atoms with Gasteiger partial charge in [-0.1, -0.05) is 30.3 Å². The molecule has 0 saturated heterocycles. The van der Waals surface area contributed by atoms with E-state index in [-0.39, 0.29) is 5.91 Å². The first-order valence-electron chi connectivity index (χ1n) is 6.82. The number of nitrogens with zero attached hydrogens (tertiary/aromatic N) is 1. The van der Waals surface area contributed by atoms with Crippen molar-refractivity contribution in [3.63, 3.8) is 0 Å². The first-order chi connectivity index (χ1) is 10.2. The van der Waals surface area contributed by atoms with Gasteiger partial charge in [0, 0.05) is 0 Å². The molecule has 1 atom stereocenters. The van der Waals surface area contributed by atoms with Crippen LogP contribution in [0.25, 0.3) is 11.3 Å². The van der Waals surface area contributed by atoms with E-state index in [1.165, 1.54) is 0 Å². The number of aromatic amines is 1. The summed E-state index contributed by atoms with van der Waals surface area (Å²) in [6, 6.07) is 9.48. The minimum atomic E-state index is -0.457. The van der Waals surface area contributed by atoms with Crippen LogP contribution in [0.15, 0.2) is 36.5 Å². The molecule has 0 aliphatic rings. The Balaban J connectivity index is 1.87. The van der Waals surface area contributed by atoms with Gasteiger partial charge in [-0.15, -0.1) is 0 Å². The predicted molar refractivity (Wildman–Crippen MR) is 86.8 cm³/mol. The first-order valence-corrected chi connectivity index (χ1v) is 8.21. The molecule has 0 bridgehead atoms. The van der Waals surface area contributed by atoms with Crippen molar-refractivity contribution in [2.45, 2.75) is 19.0 Å². The zero-order chi connectivity index (χ0) is 15.1. The number of aromatic nitrogens is 2. The van der Waals surface area contributed by atoms with Crippen LogP contribution in [-0.4, -0.2) is 33.9 Å². The molecule has 6 heteroatoms. The van der Waals surface area contributed by atoms with Crippen LogP contribution in [0, 0.1) is 0 Å². The van der Waals surface area contributed by atoms with E-state index in [1.54, 1.807) is 18.0 Å². The molecule has 2 rings (SSSR count). The number of thioether (sulfide) groups is 1. The van der Waals surface area contributed by atoms with Crippen molar-refractivity contribution in [3.8, 4) is 11.3 Å². The van der Waals surface area contributed by atoms with Crippen LogP contribution in [-0.2, 0) is 11.3 Å². The van der Waals surface area contributed by atoms with Gasteiger partial charge in [0.25, 0.3) is 0 Å². The lowest BCUT2D eigenvalue weighted by atomic mass is 10.2. The fourth-order valence-electron chi connectivity index (χ4n) is 1.89. The van der Waals surface area contributed by atoms with Crippen LogP contribution in [0.5, 0.6) is 0 Å². The molecule has 112 valence electrons. The summed E-state index contributed by atoms with van der Waals surface area (Å²) < 4.78 is 0. The Kier molecular flexibility index (Phi) is 5.83. The van der Waals surface area contributed by atoms with Gasteiger partial charge in [-0.05, 0) is 24.0 Å². The van der Waals surface area contributed by atoms with Crippen LogP contribution in [0.2, 0.25) is 0 Å². The molecule has 1 amide bonds. The van der Waals surface area contributed by atoms with E-state index in [4.69, 9.17) is 5.73 Å². The maximum Gasteiger partial charge on any atom is 0.237 e. The Labute approximate surface area is 128 Å². The zero-order valence-electron chi connectivity index (χ0n) is 12.0. The van der Waals surface area contributed by atoms with Gasteiger partial charge in [-0.25, -0.2) is 4.98 Å². The molecule has 1 aromatic heterocycles. The molecule has 1 aromatic carbocycles. The second-order valence-electron chi connectivity index (χ2n) is 4.72. The molecule has 0 saturated carbocycles. The zero-order valence-corrected chi connectivity index (χ0v) is 12.8. The largest absolute Gasteiger partial charge is 0.348 e. The number of amides is 1. The lowest BCUT2D eigenvalue weighted by Crippen LogP contribution is -2.40. The van der Waals surface area contributed by atoms with Gasteiger partial charge in [0.2, 0.25) is 5.91 Å². The molecule has 21 heavy (non-hydrogen) atoms.